The fourth-order valence-electron chi connectivity index (χ4n) is 4.80. The zero-order chi connectivity index (χ0) is 26.3. The molecule has 7 nitrogen and oxygen atoms in total. The molecule has 1 atom stereocenters. The van der Waals surface area contributed by atoms with Gasteiger partial charge in [0.15, 0.2) is 0 Å². The molecule has 1 saturated carbocycles. The van der Waals surface area contributed by atoms with Crippen LogP contribution in [-0.2, 0) is 26.2 Å². The molecule has 1 aliphatic rings. The van der Waals surface area contributed by atoms with Gasteiger partial charge in [0.2, 0.25) is 21.8 Å². The summed E-state index contributed by atoms with van der Waals surface area (Å²) in [5, 5.41) is 3.16. The van der Waals surface area contributed by atoms with Crippen LogP contribution in [0.15, 0.2) is 48.5 Å². The van der Waals surface area contributed by atoms with Crippen LogP contribution in [-0.4, -0.2) is 50.0 Å². The van der Waals surface area contributed by atoms with Crippen LogP contribution in [0.4, 0.5) is 5.69 Å². The van der Waals surface area contributed by atoms with Crippen LogP contribution < -0.4 is 9.62 Å². The average Bonchev–Trinajstić information content (AvgIpc) is 2.83. The number of hydrogen-bond acceptors (Lipinski definition) is 4. The SMILES string of the molecule is CCC(C(=O)NC1CCCCC1)N(Cc1cccc(C)c1)C(=O)CN(c1ccc(C)cc1)S(C)(=O)=O. The van der Waals surface area contributed by atoms with E-state index in [4.69, 9.17) is 0 Å². The van der Waals surface area contributed by atoms with Crippen molar-refractivity contribution in [1.82, 2.24) is 10.2 Å². The largest absolute Gasteiger partial charge is 0.352 e. The van der Waals surface area contributed by atoms with Crippen molar-refractivity contribution in [2.75, 3.05) is 17.1 Å². The monoisotopic (exact) mass is 513 g/mol. The number of sulfonamides is 1. The van der Waals surface area contributed by atoms with Crippen molar-refractivity contribution in [2.45, 2.75) is 77.9 Å². The van der Waals surface area contributed by atoms with Crippen molar-refractivity contribution in [2.24, 2.45) is 0 Å². The first-order valence-electron chi connectivity index (χ1n) is 12.8. The summed E-state index contributed by atoms with van der Waals surface area (Å²) in [6.07, 6.45) is 6.78. The Morgan fingerprint density at radius 3 is 2.25 bits per heavy atom. The van der Waals surface area contributed by atoms with Crippen molar-refractivity contribution in [1.29, 1.82) is 0 Å². The van der Waals surface area contributed by atoms with Crippen molar-refractivity contribution in [3.63, 3.8) is 0 Å². The second-order valence-electron chi connectivity index (χ2n) is 9.88. The van der Waals surface area contributed by atoms with Crippen molar-refractivity contribution >= 4 is 27.5 Å². The molecule has 1 fully saturated rings. The smallest absolute Gasteiger partial charge is 0.244 e. The minimum absolute atomic E-state index is 0.122. The van der Waals surface area contributed by atoms with Crippen LogP contribution >= 0.6 is 0 Å². The quantitative estimate of drug-likeness (QED) is 0.512. The van der Waals surface area contributed by atoms with Crippen LogP contribution in [0, 0.1) is 13.8 Å². The zero-order valence-electron chi connectivity index (χ0n) is 21.9. The van der Waals surface area contributed by atoms with Gasteiger partial charge in [-0.25, -0.2) is 8.42 Å². The van der Waals surface area contributed by atoms with Gasteiger partial charge in [-0.2, -0.15) is 0 Å². The standard InChI is InChI=1S/C28H39N3O4S/c1-5-26(28(33)29-24-12-7-6-8-13-24)30(19-23-11-9-10-22(3)18-23)27(32)20-31(36(4,34)35)25-16-14-21(2)15-17-25/h9-11,14-18,24,26H,5-8,12-13,19-20H2,1-4H3,(H,29,33). The summed E-state index contributed by atoms with van der Waals surface area (Å²) < 4.78 is 26.5. The van der Waals surface area contributed by atoms with E-state index in [0.717, 1.165) is 52.9 Å². The first-order valence-corrected chi connectivity index (χ1v) is 14.6. The Bertz CT molecular complexity index is 1140. The number of hydrogen-bond donors (Lipinski definition) is 1. The van der Waals surface area contributed by atoms with Crippen molar-refractivity contribution < 1.29 is 18.0 Å². The number of carbonyl (C=O) groups is 2. The molecule has 0 saturated heterocycles. The predicted molar refractivity (Wildman–Crippen MR) is 144 cm³/mol. The lowest BCUT2D eigenvalue weighted by Crippen LogP contribution is -2.53. The Kier molecular flexibility index (Phi) is 9.54. The molecule has 2 aromatic rings. The summed E-state index contributed by atoms with van der Waals surface area (Å²) in [6, 6.07) is 14.3. The number of aryl methyl sites for hydroxylation is 2. The summed E-state index contributed by atoms with van der Waals surface area (Å²) in [5.41, 5.74) is 3.36. The van der Waals surface area contributed by atoms with Crippen molar-refractivity contribution in [3.8, 4) is 0 Å². The van der Waals surface area contributed by atoms with Crippen LogP contribution in [0.5, 0.6) is 0 Å². The molecule has 1 N–H and O–H groups in total. The van der Waals surface area contributed by atoms with E-state index in [1.54, 1.807) is 17.0 Å². The summed E-state index contributed by atoms with van der Waals surface area (Å²) in [5.74, 6) is -0.584. The van der Waals surface area contributed by atoms with Crippen LogP contribution in [0.3, 0.4) is 0 Å². The fourth-order valence-corrected chi connectivity index (χ4v) is 5.65. The molecular weight excluding hydrogens is 474 g/mol. The number of nitrogens with zero attached hydrogens (tertiary/aromatic N) is 2. The number of carbonyl (C=O) groups excluding carboxylic acids is 2. The van der Waals surface area contributed by atoms with E-state index in [-0.39, 0.29) is 25.0 Å². The molecule has 8 heteroatoms. The Morgan fingerprint density at radius 2 is 1.67 bits per heavy atom. The van der Waals surface area contributed by atoms with Crippen LogP contribution in [0.25, 0.3) is 0 Å². The van der Waals surface area contributed by atoms with E-state index in [2.05, 4.69) is 5.32 Å². The van der Waals surface area contributed by atoms with Gasteiger partial charge in [0.25, 0.3) is 0 Å². The second kappa shape index (κ2) is 12.4. The minimum Gasteiger partial charge on any atom is -0.352 e. The molecule has 3 rings (SSSR count). The minimum atomic E-state index is -3.73. The molecule has 0 aliphatic heterocycles. The maximum Gasteiger partial charge on any atom is 0.244 e. The highest BCUT2D eigenvalue weighted by Crippen LogP contribution is 2.22. The van der Waals surface area contributed by atoms with Gasteiger partial charge in [-0.05, 0) is 50.8 Å². The van der Waals surface area contributed by atoms with Gasteiger partial charge in [-0.15, -0.1) is 0 Å². The molecule has 0 bridgehead atoms. The van der Waals surface area contributed by atoms with Crippen LogP contribution in [0.1, 0.15) is 62.1 Å². The van der Waals surface area contributed by atoms with Crippen LogP contribution in [0.2, 0.25) is 0 Å². The molecule has 0 heterocycles. The summed E-state index contributed by atoms with van der Waals surface area (Å²) >= 11 is 0. The Morgan fingerprint density at radius 1 is 1.00 bits per heavy atom. The van der Waals surface area contributed by atoms with Gasteiger partial charge in [-0.3, -0.25) is 13.9 Å². The first-order chi connectivity index (χ1) is 17.1. The van der Waals surface area contributed by atoms with E-state index < -0.39 is 22.0 Å². The fraction of sp³-hybridized carbons (Fsp3) is 0.500. The van der Waals surface area contributed by atoms with Crippen molar-refractivity contribution in [3.05, 3.63) is 65.2 Å². The number of benzene rings is 2. The van der Waals surface area contributed by atoms with E-state index in [9.17, 15) is 18.0 Å². The third-order valence-corrected chi connectivity index (χ3v) is 7.91. The Balaban J connectivity index is 1.90. The zero-order valence-corrected chi connectivity index (χ0v) is 22.7. The maximum absolute atomic E-state index is 13.8. The molecule has 36 heavy (non-hydrogen) atoms. The van der Waals surface area contributed by atoms with E-state index in [1.165, 1.54) is 6.42 Å². The highest BCUT2D eigenvalue weighted by Gasteiger charge is 2.32. The molecule has 0 radical (unpaired) electrons. The molecule has 0 spiro atoms. The molecule has 196 valence electrons. The van der Waals surface area contributed by atoms with Gasteiger partial charge < -0.3 is 10.2 Å². The highest BCUT2D eigenvalue weighted by molar-refractivity contribution is 7.92. The lowest BCUT2D eigenvalue weighted by Gasteiger charge is -2.34. The molecule has 1 aliphatic carbocycles. The number of anilines is 1. The summed E-state index contributed by atoms with van der Waals surface area (Å²) in [7, 11) is -3.73. The molecule has 2 aromatic carbocycles. The molecule has 2 amide bonds. The summed E-state index contributed by atoms with van der Waals surface area (Å²) in [6.45, 7) is 5.63. The summed E-state index contributed by atoms with van der Waals surface area (Å²) in [4.78, 5) is 28.7. The van der Waals surface area contributed by atoms with Gasteiger partial charge in [0, 0.05) is 12.6 Å². The lowest BCUT2D eigenvalue weighted by molar-refractivity contribution is -0.140. The average molecular weight is 514 g/mol. The van der Waals surface area contributed by atoms with E-state index in [1.807, 2.05) is 57.2 Å². The molecular formula is C28H39N3O4S. The molecule has 1 unspecified atom stereocenters. The van der Waals surface area contributed by atoms with Gasteiger partial charge >= 0.3 is 0 Å². The normalized spacial score (nSPS) is 15.2. The number of amides is 2. The number of rotatable bonds is 10. The maximum atomic E-state index is 13.8. The lowest BCUT2D eigenvalue weighted by atomic mass is 9.95. The van der Waals surface area contributed by atoms with Gasteiger partial charge in [-0.1, -0.05) is 73.7 Å². The Labute approximate surface area is 215 Å². The Hall–Kier alpha value is -2.87. The topological polar surface area (TPSA) is 86.8 Å². The third-order valence-electron chi connectivity index (χ3n) is 6.77. The van der Waals surface area contributed by atoms with E-state index >= 15 is 0 Å². The van der Waals surface area contributed by atoms with Gasteiger partial charge in [0.1, 0.15) is 12.6 Å². The van der Waals surface area contributed by atoms with Gasteiger partial charge in [0.05, 0.1) is 11.9 Å². The third kappa shape index (κ3) is 7.56. The second-order valence-corrected chi connectivity index (χ2v) is 11.8. The first kappa shape index (κ1) is 27.7. The van der Waals surface area contributed by atoms with E-state index in [0.29, 0.717) is 12.1 Å². The number of nitrogens with one attached hydrogen (secondary N) is 1. The predicted octanol–water partition coefficient (Wildman–Crippen LogP) is 4.33. The molecule has 0 aromatic heterocycles. The highest BCUT2D eigenvalue weighted by atomic mass is 32.2.